The number of ether oxygens (including phenoxy) is 8. The average Bonchev–Trinajstić information content (AvgIpc) is 4.43. The molecular formula is C67H78N2O10. The van der Waals surface area contributed by atoms with Crippen molar-refractivity contribution >= 4 is 23.6 Å². The summed E-state index contributed by atoms with van der Waals surface area (Å²) in [5, 5.41) is 0. The zero-order valence-electron chi connectivity index (χ0n) is 47.3. The Labute approximate surface area is 467 Å². The number of carbonyl (C=O) groups is 2. The molecule has 0 spiro atoms. The number of anilines is 2. The second kappa shape index (κ2) is 23.4. The molecule has 4 aliphatic rings. The van der Waals surface area contributed by atoms with Crippen LogP contribution in [0.25, 0.3) is 0 Å². The molecule has 0 aliphatic carbocycles. The van der Waals surface area contributed by atoms with Crippen LogP contribution in [0.3, 0.4) is 0 Å². The first-order valence-electron chi connectivity index (χ1n) is 28.4. The van der Waals surface area contributed by atoms with Crippen LogP contribution >= 0.6 is 0 Å². The molecule has 6 aromatic carbocycles. The summed E-state index contributed by atoms with van der Waals surface area (Å²) in [4.78, 5) is 30.5. The number of hydrogen-bond acceptors (Lipinski definition) is 10. The minimum Gasteiger partial charge on any atom is -0.493 e. The number of hydrogen-bond donors (Lipinski definition) is 0. The van der Waals surface area contributed by atoms with E-state index in [1.54, 1.807) is 9.80 Å². The molecule has 0 aromatic heterocycles. The van der Waals surface area contributed by atoms with Gasteiger partial charge in [0.2, 0.25) is 0 Å². The van der Waals surface area contributed by atoms with Gasteiger partial charge in [-0.2, -0.15) is 0 Å². The lowest BCUT2D eigenvalue weighted by Gasteiger charge is -2.35. The quantitative estimate of drug-likeness (QED) is 0.0485. The fourth-order valence-corrected chi connectivity index (χ4v) is 11.2. The first-order valence-corrected chi connectivity index (χ1v) is 28.4. The van der Waals surface area contributed by atoms with Gasteiger partial charge in [-0.15, -0.1) is 0 Å². The van der Waals surface area contributed by atoms with Crippen LogP contribution in [0.5, 0.6) is 23.0 Å². The van der Waals surface area contributed by atoms with Crippen LogP contribution in [-0.2, 0) is 36.2 Å². The molecule has 12 nitrogen and oxygen atoms in total. The lowest BCUT2D eigenvalue weighted by molar-refractivity contribution is -0.000447. The Kier molecular flexibility index (Phi) is 16.4. The minimum absolute atomic E-state index is 0.223. The van der Waals surface area contributed by atoms with Crippen molar-refractivity contribution in [2.24, 2.45) is 10.8 Å². The van der Waals surface area contributed by atoms with Crippen molar-refractivity contribution in [3.8, 4) is 23.0 Å². The molecule has 4 fully saturated rings. The van der Waals surface area contributed by atoms with Crippen molar-refractivity contribution < 1.29 is 47.5 Å². The summed E-state index contributed by atoms with van der Waals surface area (Å²) in [6, 6.07) is 49.6. The smallest absolute Gasteiger partial charge is 0.414 e. The van der Waals surface area contributed by atoms with Crippen molar-refractivity contribution in [2.45, 2.75) is 123 Å². The summed E-state index contributed by atoms with van der Waals surface area (Å²) < 4.78 is 47.6. The van der Waals surface area contributed by atoms with Crippen LogP contribution in [-0.4, -0.2) is 89.3 Å². The van der Waals surface area contributed by atoms with E-state index in [9.17, 15) is 9.59 Å². The highest BCUT2D eigenvalue weighted by atomic mass is 16.6. The van der Waals surface area contributed by atoms with Gasteiger partial charge < -0.3 is 37.9 Å². The van der Waals surface area contributed by atoms with Gasteiger partial charge in [0.15, 0.2) is 0 Å². The van der Waals surface area contributed by atoms with E-state index < -0.39 is 0 Å². The molecule has 2 amide bonds. The third-order valence-electron chi connectivity index (χ3n) is 17.7. The van der Waals surface area contributed by atoms with Crippen LogP contribution in [0.4, 0.5) is 21.0 Å². The zero-order chi connectivity index (χ0) is 55.4. The number of benzene rings is 6. The van der Waals surface area contributed by atoms with Crippen LogP contribution in [0.1, 0.15) is 114 Å². The van der Waals surface area contributed by atoms with E-state index in [-0.39, 0.29) is 58.3 Å². The SMILES string of the molecule is CCC(CC)(COc1ccc(C(C)(C)c2ccc(OCC3CO3)cc2)cc1)C1CN(c2ccc(Cc3ccc(N4CC(C(CC)(CC)COc5ccc(C(C)(C)c6ccc(OCC7CO7)cc6)cc5)OC4=O)cc3)cc2)C(=O)O1. The Morgan fingerprint density at radius 2 is 0.722 bits per heavy atom. The molecule has 12 heteroatoms. The van der Waals surface area contributed by atoms with Crippen LogP contribution < -0.4 is 28.7 Å². The molecular weight excluding hydrogens is 993 g/mol. The normalized spacial score (nSPS) is 19.2. The molecule has 0 bridgehead atoms. The Balaban J connectivity index is 0.702. The van der Waals surface area contributed by atoms with Crippen molar-refractivity contribution in [3.05, 3.63) is 179 Å². The number of carbonyl (C=O) groups excluding carboxylic acids is 2. The molecule has 4 heterocycles. The van der Waals surface area contributed by atoms with Gasteiger partial charge in [0.1, 0.15) is 60.6 Å². The molecule has 79 heavy (non-hydrogen) atoms. The van der Waals surface area contributed by atoms with E-state index >= 15 is 0 Å². The van der Waals surface area contributed by atoms with Gasteiger partial charge >= 0.3 is 12.2 Å². The van der Waals surface area contributed by atoms with Crippen molar-refractivity contribution in [3.63, 3.8) is 0 Å². The first-order chi connectivity index (χ1) is 38.1. The Morgan fingerprint density at radius 3 is 1.00 bits per heavy atom. The molecule has 4 aliphatic heterocycles. The molecule has 4 atom stereocenters. The van der Waals surface area contributed by atoms with E-state index in [0.29, 0.717) is 45.9 Å². The molecule has 0 N–H and O–H groups in total. The fraction of sp³-hybridized carbons (Fsp3) is 0.433. The second-order valence-electron chi connectivity index (χ2n) is 23.1. The Morgan fingerprint density at radius 1 is 0.430 bits per heavy atom. The molecule has 0 saturated carbocycles. The van der Waals surface area contributed by atoms with Gasteiger partial charge in [-0.05, 0) is 138 Å². The molecule has 0 radical (unpaired) electrons. The summed E-state index contributed by atoms with van der Waals surface area (Å²) in [6.45, 7) is 21.9. The van der Waals surface area contributed by atoms with Gasteiger partial charge in [0, 0.05) is 33.0 Å². The van der Waals surface area contributed by atoms with Crippen LogP contribution in [0.2, 0.25) is 0 Å². The summed E-state index contributed by atoms with van der Waals surface area (Å²) in [5.74, 6) is 3.26. The van der Waals surface area contributed by atoms with Crippen LogP contribution in [0.15, 0.2) is 146 Å². The van der Waals surface area contributed by atoms with E-state index in [2.05, 4.69) is 128 Å². The van der Waals surface area contributed by atoms with Gasteiger partial charge in [-0.25, -0.2) is 9.59 Å². The van der Waals surface area contributed by atoms with Gasteiger partial charge in [0.05, 0.1) is 39.5 Å². The highest BCUT2D eigenvalue weighted by Crippen LogP contribution is 2.42. The summed E-state index contributed by atoms with van der Waals surface area (Å²) in [7, 11) is 0. The largest absolute Gasteiger partial charge is 0.493 e. The minimum atomic E-state index is -0.371. The van der Waals surface area contributed by atoms with E-state index in [1.165, 1.54) is 22.3 Å². The van der Waals surface area contributed by atoms with E-state index in [1.807, 2.05) is 72.8 Å². The highest BCUT2D eigenvalue weighted by Gasteiger charge is 2.48. The topological polar surface area (TPSA) is 121 Å². The first kappa shape index (κ1) is 55.3. The Bertz CT molecular complexity index is 2770. The maximum absolute atomic E-state index is 13.5. The lowest BCUT2D eigenvalue weighted by atomic mass is 9.77. The zero-order valence-corrected chi connectivity index (χ0v) is 47.3. The molecule has 4 unspecified atom stereocenters. The van der Waals surface area contributed by atoms with E-state index in [0.717, 1.165) is 84.4 Å². The van der Waals surface area contributed by atoms with E-state index in [4.69, 9.17) is 37.9 Å². The second-order valence-corrected chi connectivity index (χ2v) is 23.1. The van der Waals surface area contributed by atoms with Crippen molar-refractivity contribution in [1.82, 2.24) is 0 Å². The van der Waals surface area contributed by atoms with Gasteiger partial charge in [0.25, 0.3) is 0 Å². The lowest BCUT2D eigenvalue weighted by Crippen LogP contribution is -2.42. The standard InChI is InChI=1S/C67H78N2O10/c1-9-66(10-2,44-76-56-33-21-50(22-34-56)64(5,6)48-17-29-54(30-18-48)72-40-58-42-74-58)60-38-68(62(70)78-60)52-25-13-46(14-26-52)37-47-15-27-53(28-16-47)69-39-61(79-63(69)71)67(11-3,12-4)45-77-57-35-23-51(24-36-57)65(7,8)49-19-31-55(32-20-49)73-41-59-43-75-59/h13-36,58-61H,9-12,37-45H2,1-8H3. The van der Waals surface area contributed by atoms with Gasteiger partial charge in [-0.3, -0.25) is 9.80 Å². The summed E-state index contributed by atoms with van der Waals surface area (Å²) in [5.41, 5.74) is 7.36. The highest BCUT2D eigenvalue weighted by molar-refractivity contribution is 5.90. The number of amides is 2. The molecule has 10 rings (SSSR count). The number of cyclic esters (lactones) is 2. The maximum atomic E-state index is 13.5. The molecule has 4 saturated heterocycles. The third-order valence-corrected chi connectivity index (χ3v) is 17.7. The monoisotopic (exact) mass is 1070 g/mol. The van der Waals surface area contributed by atoms with Gasteiger partial charge in [-0.1, -0.05) is 128 Å². The number of nitrogens with zero attached hydrogens (tertiary/aromatic N) is 2. The Hall–Kier alpha value is -7.02. The van der Waals surface area contributed by atoms with Crippen molar-refractivity contribution in [1.29, 1.82) is 0 Å². The van der Waals surface area contributed by atoms with Crippen LogP contribution in [0, 0.1) is 10.8 Å². The number of rotatable bonds is 26. The predicted octanol–water partition coefficient (Wildman–Crippen LogP) is 13.9. The number of epoxide rings is 2. The molecule has 6 aromatic rings. The maximum Gasteiger partial charge on any atom is 0.414 e. The predicted molar refractivity (Wildman–Crippen MR) is 308 cm³/mol. The summed E-state index contributed by atoms with van der Waals surface area (Å²) in [6.07, 6.45) is 2.94. The van der Waals surface area contributed by atoms with Crippen molar-refractivity contribution in [2.75, 3.05) is 62.5 Å². The molecule has 416 valence electrons. The summed E-state index contributed by atoms with van der Waals surface area (Å²) >= 11 is 0. The third kappa shape index (κ3) is 12.4. The average molecular weight is 1070 g/mol. The fourth-order valence-electron chi connectivity index (χ4n) is 11.2.